The van der Waals surface area contributed by atoms with Gasteiger partial charge in [-0.3, -0.25) is 4.79 Å². The van der Waals surface area contributed by atoms with Crippen LogP contribution >= 0.6 is 0 Å². The predicted octanol–water partition coefficient (Wildman–Crippen LogP) is 5.48. The van der Waals surface area contributed by atoms with Crippen molar-refractivity contribution < 1.29 is 14.6 Å². The largest absolute Gasteiger partial charge is 0.507 e. The Bertz CT molecular complexity index is 755. The maximum Gasteiger partial charge on any atom is 0.150 e. The molecule has 0 aromatic heterocycles. The molecule has 0 amide bonds. The summed E-state index contributed by atoms with van der Waals surface area (Å²) in [6.07, 6.45) is 0.832. The van der Waals surface area contributed by atoms with E-state index in [2.05, 4.69) is 41.5 Å². The summed E-state index contributed by atoms with van der Waals surface area (Å²) in [5.74, 6) is 1.05. The lowest BCUT2D eigenvalue weighted by atomic mass is 9.77. The van der Waals surface area contributed by atoms with Crippen molar-refractivity contribution in [2.24, 2.45) is 0 Å². The number of benzene rings is 2. The van der Waals surface area contributed by atoms with Gasteiger partial charge in [0.1, 0.15) is 17.8 Å². The minimum absolute atomic E-state index is 0.213. The van der Waals surface area contributed by atoms with Crippen molar-refractivity contribution in [3.8, 4) is 22.6 Å². The van der Waals surface area contributed by atoms with E-state index in [1.54, 1.807) is 19.2 Å². The highest BCUT2D eigenvalue weighted by molar-refractivity contribution is 5.82. The van der Waals surface area contributed by atoms with E-state index in [0.717, 1.165) is 28.5 Å². The Morgan fingerprint density at radius 2 is 1.44 bits per heavy atom. The standard InChI is InChI=1S/C22H28O3/c1-21(2,3)17-11-15(12-18(20(17)24)22(4,5)6)16-10-14(13-23)8-9-19(16)25-7/h8-13,24H,1-7H3. The maximum absolute atomic E-state index is 11.2. The van der Waals surface area contributed by atoms with Crippen LogP contribution in [0.2, 0.25) is 0 Å². The minimum atomic E-state index is -0.213. The molecule has 0 saturated heterocycles. The summed E-state index contributed by atoms with van der Waals surface area (Å²) in [4.78, 5) is 11.2. The zero-order chi connectivity index (χ0) is 19.0. The highest BCUT2D eigenvalue weighted by Gasteiger charge is 2.27. The third kappa shape index (κ3) is 3.87. The Morgan fingerprint density at radius 1 is 0.920 bits per heavy atom. The minimum Gasteiger partial charge on any atom is -0.507 e. The van der Waals surface area contributed by atoms with Gasteiger partial charge in [-0.15, -0.1) is 0 Å². The van der Waals surface area contributed by atoms with Gasteiger partial charge in [-0.05, 0) is 46.7 Å². The van der Waals surface area contributed by atoms with Gasteiger partial charge >= 0.3 is 0 Å². The van der Waals surface area contributed by atoms with Crippen LogP contribution in [0.4, 0.5) is 0 Å². The molecule has 134 valence electrons. The van der Waals surface area contributed by atoms with Crippen LogP contribution in [-0.4, -0.2) is 18.5 Å². The van der Waals surface area contributed by atoms with Crippen molar-refractivity contribution >= 4 is 6.29 Å². The molecule has 0 aliphatic heterocycles. The third-order valence-electron chi connectivity index (χ3n) is 4.40. The van der Waals surface area contributed by atoms with Gasteiger partial charge in [-0.2, -0.15) is 0 Å². The second-order valence-electron chi connectivity index (χ2n) is 8.50. The number of carbonyl (C=O) groups is 1. The molecular weight excluding hydrogens is 312 g/mol. The molecule has 0 radical (unpaired) electrons. The monoisotopic (exact) mass is 340 g/mol. The first-order chi connectivity index (χ1) is 11.5. The van der Waals surface area contributed by atoms with Gasteiger partial charge in [-0.25, -0.2) is 0 Å². The first kappa shape index (κ1) is 19.0. The fourth-order valence-corrected chi connectivity index (χ4v) is 2.96. The van der Waals surface area contributed by atoms with E-state index in [4.69, 9.17) is 4.74 Å². The van der Waals surface area contributed by atoms with Crippen LogP contribution in [0.5, 0.6) is 11.5 Å². The topological polar surface area (TPSA) is 46.5 Å². The number of carbonyl (C=O) groups excluding carboxylic acids is 1. The number of rotatable bonds is 3. The maximum atomic E-state index is 11.2. The fraction of sp³-hybridized carbons (Fsp3) is 0.409. The molecule has 0 unspecified atom stereocenters. The van der Waals surface area contributed by atoms with E-state index >= 15 is 0 Å². The normalized spacial score (nSPS) is 12.1. The number of phenols is 1. The van der Waals surface area contributed by atoms with E-state index in [1.807, 2.05) is 18.2 Å². The molecule has 25 heavy (non-hydrogen) atoms. The number of ether oxygens (including phenoxy) is 1. The quantitative estimate of drug-likeness (QED) is 0.753. The number of hydrogen-bond donors (Lipinski definition) is 1. The highest BCUT2D eigenvalue weighted by atomic mass is 16.5. The van der Waals surface area contributed by atoms with E-state index in [1.165, 1.54) is 0 Å². The number of hydrogen-bond acceptors (Lipinski definition) is 3. The lowest BCUT2D eigenvalue weighted by Crippen LogP contribution is -2.17. The summed E-state index contributed by atoms with van der Waals surface area (Å²) in [5.41, 5.74) is 3.72. The molecule has 0 atom stereocenters. The zero-order valence-electron chi connectivity index (χ0n) is 16.2. The Morgan fingerprint density at radius 3 is 1.84 bits per heavy atom. The Kier molecular flexibility index (Phi) is 4.99. The summed E-state index contributed by atoms with van der Waals surface area (Å²) in [6.45, 7) is 12.5. The molecule has 3 heteroatoms. The van der Waals surface area contributed by atoms with Crippen LogP contribution in [0.1, 0.15) is 63.0 Å². The van der Waals surface area contributed by atoms with Crippen molar-refractivity contribution in [2.75, 3.05) is 7.11 Å². The molecule has 0 saturated carbocycles. The second kappa shape index (κ2) is 6.55. The van der Waals surface area contributed by atoms with Crippen molar-refractivity contribution in [1.29, 1.82) is 0 Å². The van der Waals surface area contributed by atoms with Crippen LogP contribution in [0.25, 0.3) is 11.1 Å². The van der Waals surface area contributed by atoms with Gasteiger partial charge in [0.05, 0.1) is 7.11 Å². The van der Waals surface area contributed by atoms with Crippen LogP contribution in [0, 0.1) is 0 Å². The molecule has 0 spiro atoms. The summed E-state index contributed by atoms with van der Waals surface area (Å²) >= 11 is 0. The first-order valence-electron chi connectivity index (χ1n) is 8.50. The number of aromatic hydroxyl groups is 1. The second-order valence-corrected chi connectivity index (χ2v) is 8.50. The fourth-order valence-electron chi connectivity index (χ4n) is 2.96. The summed E-state index contributed by atoms with van der Waals surface area (Å²) in [7, 11) is 1.62. The van der Waals surface area contributed by atoms with Crippen LogP contribution in [-0.2, 0) is 10.8 Å². The van der Waals surface area contributed by atoms with Gasteiger partial charge in [0.25, 0.3) is 0 Å². The molecule has 3 nitrogen and oxygen atoms in total. The Hall–Kier alpha value is -2.29. The lowest BCUT2D eigenvalue weighted by molar-refractivity contribution is 0.112. The molecule has 2 aromatic rings. The van der Waals surface area contributed by atoms with Crippen LogP contribution in [0.15, 0.2) is 30.3 Å². The number of phenolic OH excluding ortho intramolecular Hbond substituents is 1. The van der Waals surface area contributed by atoms with Crippen molar-refractivity contribution in [3.05, 3.63) is 47.0 Å². The van der Waals surface area contributed by atoms with Crippen LogP contribution < -0.4 is 4.74 Å². The van der Waals surface area contributed by atoms with Gasteiger partial charge < -0.3 is 9.84 Å². The smallest absolute Gasteiger partial charge is 0.150 e. The van der Waals surface area contributed by atoms with Crippen molar-refractivity contribution in [3.63, 3.8) is 0 Å². The van der Waals surface area contributed by atoms with E-state index in [-0.39, 0.29) is 10.8 Å². The number of aldehydes is 1. The molecule has 0 fully saturated rings. The average molecular weight is 340 g/mol. The van der Waals surface area contributed by atoms with E-state index in [0.29, 0.717) is 17.1 Å². The third-order valence-corrected chi connectivity index (χ3v) is 4.40. The molecule has 2 rings (SSSR count). The first-order valence-corrected chi connectivity index (χ1v) is 8.50. The predicted molar refractivity (Wildman–Crippen MR) is 103 cm³/mol. The molecule has 0 aliphatic rings. The van der Waals surface area contributed by atoms with Gasteiger partial charge in [-0.1, -0.05) is 41.5 Å². The Labute approximate surface area is 150 Å². The van der Waals surface area contributed by atoms with Gasteiger partial charge in [0.15, 0.2) is 0 Å². The van der Waals surface area contributed by atoms with Gasteiger partial charge in [0, 0.05) is 22.3 Å². The molecule has 0 aliphatic carbocycles. The average Bonchev–Trinajstić information content (AvgIpc) is 2.52. The van der Waals surface area contributed by atoms with Crippen molar-refractivity contribution in [2.45, 2.75) is 52.4 Å². The molecule has 0 heterocycles. The molecule has 1 N–H and O–H groups in total. The Balaban J connectivity index is 2.85. The number of methoxy groups -OCH3 is 1. The van der Waals surface area contributed by atoms with Gasteiger partial charge in [0.2, 0.25) is 0 Å². The molecule has 2 aromatic carbocycles. The van der Waals surface area contributed by atoms with Crippen molar-refractivity contribution in [1.82, 2.24) is 0 Å². The van der Waals surface area contributed by atoms with E-state index < -0.39 is 0 Å². The molecule has 0 bridgehead atoms. The van der Waals surface area contributed by atoms with Crippen LogP contribution in [0.3, 0.4) is 0 Å². The van der Waals surface area contributed by atoms with E-state index in [9.17, 15) is 9.90 Å². The summed E-state index contributed by atoms with van der Waals surface area (Å²) < 4.78 is 5.50. The summed E-state index contributed by atoms with van der Waals surface area (Å²) in [6, 6.07) is 9.37. The summed E-state index contributed by atoms with van der Waals surface area (Å²) in [5, 5.41) is 10.9. The SMILES string of the molecule is COc1ccc(C=O)cc1-c1cc(C(C)(C)C)c(O)c(C(C)(C)C)c1. The molecular formula is C22H28O3. The lowest BCUT2D eigenvalue weighted by Gasteiger charge is -2.28. The zero-order valence-corrected chi connectivity index (χ0v) is 16.2. The highest BCUT2D eigenvalue weighted by Crippen LogP contribution is 2.43.